The summed E-state index contributed by atoms with van der Waals surface area (Å²) < 4.78 is 2.92. The van der Waals surface area contributed by atoms with Crippen molar-refractivity contribution in [3.8, 4) is 0 Å². The number of benzene rings is 1. The molecule has 2 aromatic rings. The summed E-state index contributed by atoms with van der Waals surface area (Å²) in [6.45, 7) is 4.59. The lowest BCUT2D eigenvalue weighted by molar-refractivity contribution is 0.401. The first-order valence-electron chi connectivity index (χ1n) is 5.71. The van der Waals surface area contributed by atoms with Crippen molar-refractivity contribution >= 4 is 10.8 Å². The van der Waals surface area contributed by atoms with E-state index in [2.05, 4.69) is 0 Å². The molecule has 0 aliphatic rings. The Labute approximate surface area is 99.1 Å². The average molecular weight is 232 g/mol. The SMILES string of the molecule is CC(C)Cn1c(=O)c2ccccc2c(=O)n1C. The number of hydrogen-bond acceptors (Lipinski definition) is 2. The van der Waals surface area contributed by atoms with E-state index in [0.717, 1.165) is 0 Å². The van der Waals surface area contributed by atoms with Crippen molar-refractivity contribution in [2.75, 3.05) is 0 Å². The predicted molar refractivity (Wildman–Crippen MR) is 68.3 cm³/mol. The molecule has 0 aliphatic heterocycles. The number of fused-ring (bicyclic) bond motifs is 1. The molecule has 1 aromatic carbocycles. The van der Waals surface area contributed by atoms with E-state index in [1.165, 1.54) is 9.36 Å². The number of hydrogen-bond donors (Lipinski definition) is 0. The van der Waals surface area contributed by atoms with Crippen LogP contribution in [-0.4, -0.2) is 9.36 Å². The van der Waals surface area contributed by atoms with Crippen LogP contribution in [0, 0.1) is 5.92 Å². The molecule has 0 fully saturated rings. The molecule has 0 amide bonds. The zero-order valence-electron chi connectivity index (χ0n) is 10.3. The fourth-order valence-corrected chi connectivity index (χ4v) is 1.97. The van der Waals surface area contributed by atoms with Crippen LogP contribution in [0.4, 0.5) is 0 Å². The van der Waals surface area contributed by atoms with Crippen LogP contribution < -0.4 is 11.1 Å². The summed E-state index contributed by atoms with van der Waals surface area (Å²) in [4.78, 5) is 24.3. The zero-order chi connectivity index (χ0) is 12.6. The molecule has 1 heterocycles. The monoisotopic (exact) mass is 232 g/mol. The highest BCUT2D eigenvalue weighted by atomic mass is 16.2. The van der Waals surface area contributed by atoms with Gasteiger partial charge in [0.2, 0.25) is 0 Å². The molecule has 0 spiro atoms. The number of nitrogens with zero attached hydrogens (tertiary/aromatic N) is 2. The molecule has 1 aromatic heterocycles. The van der Waals surface area contributed by atoms with Crippen LogP contribution >= 0.6 is 0 Å². The predicted octanol–water partition coefficient (Wildman–Crippen LogP) is 1.36. The minimum absolute atomic E-state index is 0.101. The van der Waals surface area contributed by atoms with E-state index >= 15 is 0 Å². The summed E-state index contributed by atoms with van der Waals surface area (Å²) in [7, 11) is 1.64. The first kappa shape index (κ1) is 11.6. The molecular formula is C13H16N2O2. The van der Waals surface area contributed by atoms with Crippen LogP contribution in [-0.2, 0) is 13.6 Å². The summed E-state index contributed by atoms with van der Waals surface area (Å²) in [6, 6.07) is 6.95. The highest BCUT2D eigenvalue weighted by molar-refractivity contribution is 5.80. The summed E-state index contributed by atoms with van der Waals surface area (Å²) in [5, 5.41) is 0.983. The maximum Gasteiger partial charge on any atom is 0.273 e. The van der Waals surface area contributed by atoms with E-state index in [1.807, 2.05) is 13.8 Å². The Morgan fingerprint density at radius 2 is 1.59 bits per heavy atom. The quantitative estimate of drug-likeness (QED) is 0.784. The van der Waals surface area contributed by atoms with Gasteiger partial charge in [0.25, 0.3) is 11.1 Å². The molecule has 0 saturated heterocycles. The Hall–Kier alpha value is -1.84. The van der Waals surface area contributed by atoms with Crippen molar-refractivity contribution < 1.29 is 0 Å². The van der Waals surface area contributed by atoms with Crippen LogP contribution in [0.3, 0.4) is 0 Å². The molecule has 0 radical (unpaired) electrons. The highest BCUT2D eigenvalue weighted by Gasteiger charge is 2.10. The molecule has 4 heteroatoms. The summed E-state index contributed by atoms with van der Waals surface area (Å²) in [5.41, 5.74) is -0.225. The molecule has 0 atom stereocenters. The van der Waals surface area contributed by atoms with Gasteiger partial charge in [-0.15, -0.1) is 0 Å². The van der Waals surface area contributed by atoms with Gasteiger partial charge in [-0.05, 0) is 18.1 Å². The second-order valence-electron chi connectivity index (χ2n) is 4.66. The van der Waals surface area contributed by atoms with E-state index in [1.54, 1.807) is 31.3 Å². The van der Waals surface area contributed by atoms with Gasteiger partial charge in [0, 0.05) is 13.6 Å². The topological polar surface area (TPSA) is 44.0 Å². The maximum atomic E-state index is 12.2. The van der Waals surface area contributed by atoms with Gasteiger partial charge in [-0.3, -0.25) is 14.3 Å². The van der Waals surface area contributed by atoms with Crippen molar-refractivity contribution in [1.82, 2.24) is 9.36 Å². The van der Waals surface area contributed by atoms with Gasteiger partial charge in [-0.1, -0.05) is 26.0 Å². The lowest BCUT2D eigenvalue weighted by Gasteiger charge is -2.14. The van der Waals surface area contributed by atoms with Gasteiger partial charge >= 0.3 is 0 Å². The van der Waals surface area contributed by atoms with Gasteiger partial charge < -0.3 is 0 Å². The van der Waals surface area contributed by atoms with Gasteiger partial charge in [0.15, 0.2) is 0 Å². The molecule has 0 aliphatic carbocycles. The van der Waals surface area contributed by atoms with Crippen molar-refractivity contribution in [3.05, 3.63) is 45.0 Å². The molecule has 0 N–H and O–H groups in total. The zero-order valence-corrected chi connectivity index (χ0v) is 10.3. The molecule has 0 bridgehead atoms. The van der Waals surface area contributed by atoms with E-state index in [-0.39, 0.29) is 11.1 Å². The van der Waals surface area contributed by atoms with Crippen LogP contribution in [0.5, 0.6) is 0 Å². The van der Waals surface area contributed by atoms with Gasteiger partial charge in [-0.25, -0.2) is 4.68 Å². The first-order chi connectivity index (χ1) is 8.02. The average Bonchev–Trinajstić information content (AvgIpc) is 2.31. The van der Waals surface area contributed by atoms with Crippen molar-refractivity contribution in [2.24, 2.45) is 13.0 Å². The molecule has 2 rings (SSSR count). The van der Waals surface area contributed by atoms with E-state index < -0.39 is 0 Å². The summed E-state index contributed by atoms with van der Waals surface area (Å²) >= 11 is 0. The van der Waals surface area contributed by atoms with Gasteiger partial charge in [-0.2, -0.15) is 0 Å². The van der Waals surface area contributed by atoms with E-state index in [0.29, 0.717) is 23.2 Å². The summed E-state index contributed by atoms with van der Waals surface area (Å²) in [6.07, 6.45) is 0. The lowest BCUT2D eigenvalue weighted by Crippen LogP contribution is -2.38. The van der Waals surface area contributed by atoms with Gasteiger partial charge in [0.05, 0.1) is 10.8 Å². The highest BCUT2D eigenvalue weighted by Crippen LogP contribution is 2.04. The van der Waals surface area contributed by atoms with E-state index in [4.69, 9.17) is 0 Å². The van der Waals surface area contributed by atoms with Crippen molar-refractivity contribution in [1.29, 1.82) is 0 Å². The Morgan fingerprint density at radius 1 is 1.06 bits per heavy atom. The first-order valence-corrected chi connectivity index (χ1v) is 5.71. The lowest BCUT2D eigenvalue weighted by atomic mass is 10.2. The van der Waals surface area contributed by atoms with Crippen LogP contribution in [0.1, 0.15) is 13.8 Å². The fraction of sp³-hybridized carbons (Fsp3) is 0.385. The minimum atomic E-state index is -0.124. The van der Waals surface area contributed by atoms with Crippen molar-refractivity contribution in [3.63, 3.8) is 0 Å². The molecule has 4 nitrogen and oxygen atoms in total. The van der Waals surface area contributed by atoms with E-state index in [9.17, 15) is 9.59 Å². The Morgan fingerprint density at radius 3 is 2.12 bits per heavy atom. The molecular weight excluding hydrogens is 216 g/mol. The number of aromatic nitrogens is 2. The molecule has 90 valence electrons. The smallest absolute Gasteiger partial charge is 0.267 e. The minimum Gasteiger partial charge on any atom is -0.267 e. The molecule has 0 unspecified atom stereocenters. The van der Waals surface area contributed by atoms with Crippen LogP contribution in [0.2, 0.25) is 0 Å². The Balaban J connectivity index is 2.87. The van der Waals surface area contributed by atoms with Crippen LogP contribution in [0.25, 0.3) is 10.8 Å². The Bertz CT molecular complexity index is 665. The Kier molecular flexibility index (Phi) is 2.88. The standard InChI is InChI=1S/C13H16N2O2/c1-9(2)8-15-13(17)11-7-5-4-6-10(11)12(16)14(15)3/h4-7,9H,8H2,1-3H3. The maximum absolute atomic E-state index is 12.2. The third kappa shape index (κ3) is 1.90. The third-order valence-electron chi connectivity index (χ3n) is 2.82. The largest absolute Gasteiger partial charge is 0.273 e. The second kappa shape index (κ2) is 4.20. The normalized spacial score (nSPS) is 11.3. The number of rotatable bonds is 2. The van der Waals surface area contributed by atoms with Crippen molar-refractivity contribution in [2.45, 2.75) is 20.4 Å². The molecule has 0 saturated carbocycles. The van der Waals surface area contributed by atoms with Gasteiger partial charge in [0.1, 0.15) is 0 Å². The summed E-state index contributed by atoms with van der Waals surface area (Å²) in [5.74, 6) is 0.319. The van der Waals surface area contributed by atoms with Crippen LogP contribution in [0.15, 0.2) is 33.9 Å². The second-order valence-corrected chi connectivity index (χ2v) is 4.66. The fourth-order valence-electron chi connectivity index (χ4n) is 1.97. The molecule has 17 heavy (non-hydrogen) atoms. The third-order valence-corrected chi connectivity index (χ3v) is 2.82.